The van der Waals surface area contributed by atoms with Gasteiger partial charge in [-0.2, -0.15) is 0 Å². The van der Waals surface area contributed by atoms with Crippen LogP contribution in [0, 0.1) is 0 Å². The monoisotopic (exact) mass is 269 g/mol. The molecular weight excluding hydrogens is 250 g/mol. The van der Waals surface area contributed by atoms with Crippen LogP contribution in [0.4, 0.5) is 0 Å². The summed E-state index contributed by atoms with van der Waals surface area (Å²) in [4.78, 5) is 0. The maximum atomic E-state index is 11.2. The second-order valence-corrected chi connectivity index (χ2v) is 8.93. The molecule has 1 rings (SSSR count). The molecule has 0 unspecified atom stereocenters. The smallest absolute Gasteiger partial charge is 0.150 e. The Bertz CT molecular complexity index is 399. The van der Waals surface area contributed by atoms with Gasteiger partial charge in [-0.1, -0.05) is 0 Å². The van der Waals surface area contributed by atoms with Gasteiger partial charge in [0, 0.05) is 12.3 Å². The van der Waals surface area contributed by atoms with Gasteiger partial charge in [0.25, 0.3) is 0 Å². The highest BCUT2D eigenvalue weighted by Gasteiger charge is 2.22. The van der Waals surface area contributed by atoms with Crippen LogP contribution in [0.25, 0.3) is 0 Å². The van der Waals surface area contributed by atoms with Crippen LogP contribution in [0.1, 0.15) is 19.3 Å². The number of rotatable bonds is 5. The molecule has 0 bridgehead atoms. The molecule has 0 amide bonds. The van der Waals surface area contributed by atoms with Crippen LogP contribution >= 0.6 is 0 Å². The summed E-state index contributed by atoms with van der Waals surface area (Å²) in [5.74, 6) is 0.679. The topological polar surface area (TPSA) is 80.3 Å². The minimum atomic E-state index is -2.88. The molecule has 0 spiro atoms. The van der Waals surface area contributed by atoms with Crippen LogP contribution in [-0.2, 0) is 19.7 Å². The van der Waals surface area contributed by atoms with Crippen molar-refractivity contribution in [2.45, 2.75) is 25.3 Å². The Morgan fingerprint density at radius 1 is 1.25 bits per heavy atom. The molecule has 16 heavy (non-hydrogen) atoms. The van der Waals surface area contributed by atoms with Crippen molar-refractivity contribution < 1.29 is 16.8 Å². The second kappa shape index (κ2) is 5.46. The van der Waals surface area contributed by atoms with Crippen molar-refractivity contribution in [2.75, 3.05) is 30.1 Å². The van der Waals surface area contributed by atoms with Gasteiger partial charge in [-0.05, 0) is 25.8 Å². The van der Waals surface area contributed by atoms with Crippen molar-refractivity contribution >= 4 is 19.7 Å². The second-order valence-electron chi connectivity index (χ2n) is 4.36. The Labute approximate surface area is 97.5 Å². The van der Waals surface area contributed by atoms with E-state index in [1.165, 1.54) is 6.26 Å². The number of hydrogen-bond acceptors (Lipinski definition) is 5. The molecule has 0 aromatic heterocycles. The van der Waals surface area contributed by atoms with Crippen LogP contribution in [0.3, 0.4) is 0 Å². The Morgan fingerprint density at radius 2 is 1.81 bits per heavy atom. The van der Waals surface area contributed by atoms with Gasteiger partial charge in [-0.15, -0.1) is 0 Å². The molecule has 5 nitrogen and oxygen atoms in total. The zero-order valence-electron chi connectivity index (χ0n) is 9.48. The standard InChI is InChI=1S/C9H19NO4S2/c1-15(11,12)6-2-5-10-9-3-7-16(13,14)8-4-9/h9-10H,2-8H2,1H3. The fourth-order valence-electron chi connectivity index (χ4n) is 1.73. The zero-order chi connectivity index (χ0) is 12.2. The fourth-order valence-corrected chi connectivity index (χ4v) is 3.89. The maximum Gasteiger partial charge on any atom is 0.150 e. The lowest BCUT2D eigenvalue weighted by Crippen LogP contribution is -2.38. The van der Waals surface area contributed by atoms with Crippen LogP contribution < -0.4 is 5.32 Å². The molecule has 0 radical (unpaired) electrons. The summed E-state index contributed by atoms with van der Waals surface area (Å²) in [7, 11) is -5.69. The highest BCUT2D eigenvalue weighted by atomic mass is 32.2. The summed E-state index contributed by atoms with van der Waals surface area (Å²) >= 11 is 0. The molecule has 0 saturated carbocycles. The van der Waals surface area contributed by atoms with E-state index < -0.39 is 19.7 Å². The molecule has 0 atom stereocenters. The van der Waals surface area contributed by atoms with Crippen LogP contribution in [0.2, 0.25) is 0 Å². The van der Waals surface area contributed by atoms with Crippen molar-refractivity contribution in [3.8, 4) is 0 Å². The third kappa shape index (κ3) is 5.81. The molecule has 1 aliphatic heterocycles. The summed E-state index contributed by atoms with van der Waals surface area (Å²) in [5.41, 5.74) is 0. The Morgan fingerprint density at radius 3 is 2.31 bits per heavy atom. The SMILES string of the molecule is CS(=O)(=O)CCCNC1CCS(=O)(=O)CC1. The number of sulfone groups is 2. The number of hydrogen-bond donors (Lipinski definition) is 1. The molecule has 1 aliphatic rings. The fraction of sp³-hybridized carbons (Fsp3) is 1.00. The molecule has 1 saturated heterocycles. The Kier molecular flexibility index (Phi) is 4.75. The van der Waals surface area contributed by atoms with Gasteiger partial charge in [0.1, 0.15) is 19.7 Å². The lowest BCUT2D eigenvalue weighted by molar-refractivity contribution is 0.464. The zero-order valence-corrected chi connectivity index (χ0v) is 11.1. The molecule has 96 valence electrons. The minimum Gasteiger partial charge on any atom is -0.314 e. The Hall–Kier alpha value is -0.140. The third-order valence-corrected chi connectivity index (χ3v) is 5.43. The lowest BCUT2D eigenvalue weighted by Gasteiger charge is -2.22. The van der Waals surface area contributed by atoms with Crippen molar-refractivity contribution in [3.63, 3.8) is 0 Å². The summed E-state index contributed by atoms with van der Waals surface area (Å²) < 4.78 is 44.0. The van der Waals surface area contributed by atoms with Crippen molar-refractivity contribution in [3.05, 3.63) is 0 Å². The first-order chi connectivity index (χ1) is 7.29. The first-order valence-electron chi connectivity index (χ1n) is 5.40. The van der Waals surface area contributed by atoms with Gasteiger partial charge in [-0.25, -0.2) is 16.8 Å². The van der Waals surface area contributed by atoms with Crippen LogP contribution in [0.5, 0.6) is 0 Å². The van der Waals surface area contributed by atoms with E-state index in [0.29, 0.717) is 25.8 Å². The van der Waals surface area contributed by atoms with Gasteiger partial charge < -0.3 is 5.32 Å². The van der Waals surface area contributed by atoms with E-state index in [1.807, 2.05) is 0 Å². The van der Waals surface area contributed by atoms with E-state index >= 15 is 0 Å². The first-order valence-corrected chi connectivity index (χ1v) is 9.28. The van der Waals surface area contributed by atoms with E-state index in [9.17, 15) is 16.8 Å². The molecule has 0 aromatic rings. The van der Waals surface area contributed by atoms with Gasteiger partial charge in [-0.3, -0.25) is 0 Å². The summed E-state index contributed by atoms with van der Waals surface area (Å²) in [6.07, 6.45) is 3.09. The van der Waals surface area contributed by atoms with E-state index in [0.717, 1.165) is 0 Å². The average molecular weight is 269 g/mol. The summed E-state index contributed by atoms with van der Waals surface area (Å²) in [6.45, 7) is 0.637. The number of nitrogens with one attached hydrogen (secondary N) is 1. The maximum absolute atomic E-state index is 11.2. The molecule has 1 fully saturated rings. The van der Waals surface area contributed by atoms with Crippen LogP contribution in [0.15, 0.2) is 0 Å². The quantitative estimate of drug-likeness (QED) is 0.686. The van der Waals surface area contributed by atoms with Crippen molar-refractivity contribution in [1.29, 1.82) is 0 Å². The molecule has 7 heteroatoms. The average Bonchev–Trinajstić information content (AvgIpc) is 2.13. The van der Waals surface area contributed by atoms with Crippen molar-refractivity contribution in [1.82, 2.24) is 5.32 Å². The highest BCUT2D eigenvalue weighted by Crippen LogP contribution is 2.11. The largest absolute Gasteiger partial charge is 0.314 e. The van der Waals surface area contributed by atoms with E-state index in [-0.39, 0.29) is 23.3 Å². The van der Waals surface area contributed by atoms with E-state index in [4.69, 9.17) is 0 Å². The molecular formula is C9H19NO4S2. The predicted octanol–water partition coefficient (Wildman–Crippen LogP) is -0.412. The summed E-state index contributed by atoms with van der Waals surface area (Å²) in [5, 5.41) is 3.20. The van der Waals surface area contributed by atoms with Gasteiger partial charge in [0.15, 0.2) is 0 Å². The van der Waals surface area contributed by atoms with E-state index in [2.05, 4.69) is 5.32 Å². The Balaban J connectivity index is 2.16. The minimum absolute atomic E-state index is 0.186. The molecule has 1 heterocycles. The van der Waals surface area contributed by atoms with Gasteiger partial charge >= 0.3 is 0 Å². The van der Waals surface area contributed by atoms with Gasteiger partial charge in [0.2, 0.25) is 0 Å². The highest BCUT2D eigenvalue weighted by molar-refractivity contribution is 7.91. The normalized spacial score (nSPS) is 22.1. The third-order valence-electron chi connectivity index (χ3n) is 2.68. The van der Waals surface area contributed by atoms with E-state index in [1.54, 1.807) is 0 Å². The lowest BCUT2D eigenvalue weighted by atomic mass is 10.1. The van der Waals surface area contributed by atoms with Crippen molar-refractivity contribution in [2.24, 2.45) is 0 Å². The predicted molar refractivity (Wildman–Crippen MR) is 64.0 cm³/mol. The summed E-state index contributed by atoms with van der Waals surface area (Å²) in [6, 6.07) is 0.225. The first kappa shape index (κ1) is 13.9. The molecule has 1 N–H and O–H groups in total. The van der Waals surface area contributed by atoms with Crippen LogP contribution in [-0.4, -0.2) is 52.9 Å². The molecule has 0 aromatic carbocycles. The van der Waals surface area contributed by atoms with Gasteiger partial charge in [0.05, 0.1) is 17.3 Å². The molecule has 0 aliphatic carbocycles.